The number of nitrogens with zero attached hydrogens (tertiary/aromatic N) is 3. The molecule has 0 saturated carbocycles. The molecule has 0 radical (unpaired) electrons. The van der Waals surface area contributed by atoms with E-state index in [1.807, 2.05) is 25.1 Å². The summed E-state index contributed by atoms with van der Waals surface area (Å²) in [5.41, 5.74) is 10.1. The maximum Gasteiger partial charge on any atom is 0.232 e. The number of fused-ring (bicyclic) bond motifs is 1. The maximum atomic E-state index is 12.1. The van der Waals surface area contributed by atoms with Crippen LogP contribution in [0, 0.1) is 13.8 Å². The van der Waals surface area contributed by atoms with Gasteiger partial charge in [0.25, 0.3) is 0 Å². The summed E-state index contributed by atoms with van der Waals surface area (Å²) in [6.45, 7) is 6.05. The van der Waals surface area contributed by atoms with Crippen LogP contribution >= 0.6 is 11.8 Å². The number of thioether (sulfide) groups is 1. The van der Waals surface area contributed by atoms with Crippen LogP contribution in [0.2, 0.25) is 0 Å². The summed E-state index contributed by atoms with van der Waals surface area (Å²) in [4.78, 5) is 4.74. The molecule has 8 heteroatoms. The van der Waals surface area contributed by atoms with E-state index in [9.17, 15) is 8.42 Å². The molecule has 2 heterocycles. The first-order valence-corrected chi connectivity index (χ1v) is 12.3. The van der Waals surface area contributed by atoms with Gasteiger partial charge < -0.3 is 0 Å². The number of amidine groups is 1. The lowest BCUT2D eigenvalue weighted by Gasteiger charge is -2.22. The van der Waals surface area contributed by atoms with E-state index in [4.69, 9.17) is 4.99 Å². The number of benzene rings is 2. The molecule has 0 saturated heterocycles. The van der Waals surface area contributed by atoms with Crippen molar-refractivity contribution in [3.63, 3.8) is 0 Å². The summed E-state index contributed by atoms with van der Waals surface area (Å²) in [6, 6.07) is 12.0. The van der Waals surface area contributed by atoms with Crippen LogP contribution in [0.25, 0.3) is 0 Å². The van der Waals surface area contributed by atoms with Crippen molar-refractivity contribution in [1.29, 1.82) is 0 Å². The molecule has 2 aliphatic heterocycles. The van der Waals surface area contributed by atoms with Crippen molar-refractivity contribution in [2.24, 2.45) is 10.1 Å². The summed E-state index contributed by atoms with van der Waals surface area (Å²) in [7, 11) is -3.28. The van der Waals surface area contributed by atoms with Gasteiger partial charge in [-0.25, -0.2) is 13.4 Å². The van der Waals surface area contributed by atoms with Crippen LogP contribution in [0.4, 0.5) is 11.4 Å². The highest BCUT2D eigenvalue weighted by Gasteiger charge is 2.32. The number of aryl methyl sites for hydroxylation is 2. The van der Waals surface area contributed by atoms with E-state index >= 15 is 0 Å². The molecule has 0 aliphatic carbocycles. The Hall–Kier alpha value is -2.32. The van der Waals surface area contributed by atoms with Crippen molar-refractivity contribution in [2.45, 2.75) is 33.2 Å². The predicted octanol–water partition coefficient (Wildman–Crippen LogP) is 3.74. The number of aliphatic imine (C=N–C) groups is 1. The third-order valence-electron chi connectivity index (χ3n) is 5.21. The van der Waals surface area contributed by atoms with E-state index in [0.29, 0.717) is 12.2 Å². The van der Waals surface area contributed by atoms with Crippen molar-refractivity contribution in [3.05, 3.63) is 58.7 Å². The zero-order valence-corrected chi connectivity index (χ0v) is 18.6. The van der Waals surface area contributed by atoms with Crippen LogP contribution in [-0.2, 0) is 16.4 Å². The molecule has 4 rings (SSSR count). The monoisotopic (exact) mass is 428 g/mol. The molecule has 2 aromatic carbocycles. The van der Waals surface area contributed by atoms with Crippen molar-refractivity contribution in [2.75, 3.05) is 16.3 Å². The van der Waals surface area contributed by atoms with Crippen molar-refractivity contribution in [3.8, 4) is 0 Å². The quantitative estimate of drug-likeness (QED) is 0.808. The molecule has 0 amide bonds. The van der Waals surface area contributed by atoms with Crippen molar-refractivity contribution < 1.29 is 8.42 Å². The molecule has 0 unspecified atom stereocenters. The Bertz CT molecular complexity index is 1120. The Balaban J connectivity index is 1.58. The van der Waals surface area contributed by atoms with E-state index in [2.05, 4.69) is 42.6 Å². The first-order valence-electron chi connectivity index (χ1n) is 9.47. The van der Waals surface area contributed by atoms with Gasteiger partial charge >= 0.3 is 0 Å². The smallest absolute Gasteiger partial charge is 0.232 e. The second kappa shape index (κ2) is 7.50. The maximum absolute atomic E-state index is 12.1. The van der Waals surface area contributed by atoms with Crippen LogP contribution in [0.1, 0.15) is 29.2 Å². The zero-order chi connectivity index (χ0) is 20.8. The number of para-hydroxylation sites is 1. The molecule has 0 bridgehead atoms. The molecule has 2 aromatic rings. The fourth-order valence-electron chi connectivity index (χ4n) is 3.89. The van der Waals surface area contributed by atoms with Crippen LogP contribution < -0.4 is 9.73 Å². The molecule has 29 heavy (non-hydrogen) atoms. The first-order chi connectivity index (χ1) is 13.7. The molecular weight excluding hydrogens is 404 g/mol. The van der Waals surface area contributed by atoms with Gasteiger partial charge in [-0.3, -0.25) is 9.73 Å². The molecule has 0 spiro atoms. The number of hydrazone groups is 1. The molecule has 2 aliphatic rings. The summed E-state index contributed by atoms with van der Waals surface area (Å²) in [5, 5.41) is 5.31. The third kappa shape index (κ3) is 3.91. The van der Waals surface area contributed by atoms with E-state index in [-0.39, 0.29) is 6.04 Å². The standard InChI is InChI=1S/C21H24N4O2S2/c1-13-6-5-7-14(2)20(13)22-21-24-23-18(12-28-21)16-8-9-19-17(11-16)10-15(3)25(19)29(4,26)27/h5-9,11,15H,10,12H2,1-4H3,(H,22,24)/t15-/m0/s1. The van der Waals surface area contributed by atoms with Gasteiger partial charge in [0.2, 0.25) is 10.0 Å². The largest absolute Gasteiger partial charge is 0.267 e. The number of hydrogen-bond acceptors (Lipinski definition) is 5. The van der Waals surface area contributed by atoms with Gasteiger partial charge in [-0.2, -0.15) is 5.10 Å². The predicted molar refractivity (Wildman–Crippen MR) is 122 cm³/mol. The molecule has 1 N–H and O–H groups in total. The Kier molecular flexibility index (Phi) is 5.16. The SMILES string of the molecule is Cc1cccc(C)c1N=C1NN=C(c2ccc3c(c2)C[C@H](C)N3S(C)(=O)=O)CS1. The number of anilines is 1. The summed E-state index contributed by atoms with van der Waals surface area (Å²) >= 11 is 1.62. The highest BCUT2D eigenvalue weighted by Crippen LogP contribution is 2.35. The van der Waals surface area contributed by atoms with Crippen molar-refractivity contribution >= 4 is 44.0 Å². The van der Waals surface area contributed by atoms with Gasteiger partial charge in [-0.15, -0.1) is 0 Å². The molecule has 152 valence electrons. The summed E-state index contributed by atoms with van der Waals surface area (Å²) < 4.78 is 25.7. The highest BCUT2D eigenvalue weighted by molar-refractivity contribution is 8.14. The van der Waals surface area contributed by atoms with Crippen LogP contribution in [-0.4, -0.2) is 37.3 Å². The second-order valence-corrected chi connectivity index (χ2v) is 10.4. The molecule has 0 aromatic heterocycles. The minimum absolute atomic E-state index is 0.0628. The Labute approximate surface area is 176 Å². The van der Waals surface area contributed by atoms with Crippen molar-refractivity contribution in [1.82, 2.24) is 5.43 Å². The third-order valence-corrected chi connectivity index (χ3v) is 7.35. The average Bonchev–Trinajstić information content (AvgIpc) is 3.00. The molecule has 6 nitrogen and oxygen atoms in total. The van der Waals surface area contributed by atoms with E-state index in [0.717, 1.165) is 44.5 Å². The average molecular weight is 429 g/mol. The van der Waals surface area contributed by atoms with Gasteiger partial charge in [0.15, 0.2) is 5.17 Å². The van der Waals surface area contributed by atoms with E-state index in [1.165, 1.54) is 10.6 Å². The lowest BCUT2D eigenvalue weighted by atomic mass is 10.0. The molecule has 0 fully saturated rings. The number of nitrogens with one attached hydrogen (secondary N) is 1. The minimum Gasteiger partial charge on any atom is -0.267 e. The molecule has 1 atom stereocenters. The van der Waals surface area contributed by atoms with Gasteiger partial charge in [-0.05, 0) is 61.6 Å². The number of sulfonamides is 1. The fraction of sp³-hybridized carbons (Fsp3) is 0.333. The fourth-order valence-corrected chi connectivity index (χ4v) is 5.93. The Morgan fingerprint density at radius 3 is 2.55 bits per heavy atom. The van der Waals surface area contributed by atoms with Gasteiger partial charge in [-0.1, -0.05) is 36.0 Å². The van der Waals surface area contributed by atoms with Crippen LogP contribution in [0.15, 0.2) is 46.5 Å². The lowest BCUT2D eigenvalue weighted by molar-refractivity contribution is 0.590. The summed E-state index contributed by atoms with van der Waals surface area (Å²) in [5.74, 6) is 0.709. The van der Waals surface area contributed by atoms with Gasteiger partial charge in [0, 0.05) is 11.8 Å². The lowest BCUT2D eigenvalue weighted by Crippen LogP contribution is -2.34. The van der Waals surface area contributed by atoms with E-state index < -0.39 is 10.0 Å². The normalized spacial score (nSPS) is 20.4. The van der Waals surface area contributed by atoms with Crippen LogP contribution in [0.3, 0.4) is 0 Å². The summed E-state index contributed by atoms with van der Waals surface area (Å²) in [6.07, 6.45) is 1.97. The van der Waals surface area contributed by atoms with Gasteiger partial charge in [0.1, 0.15) is 0 Å². The first kappa shape index (κ1) is 20.0. The van der Waals surface area contributed by atoms with Crippen LogP contribution in [0.5, 0.6) is 0 Å². The Morgan fingerprint density at radius 1 is 1.21 bits per heavy atom. The van der Waals surface area contributed by atoms with Gasteiger partial charge in [0.05, 0.1) is 23.3 Å². The highest BCUT2D eigenvalue weighted by atomic mass is 32.2. The zero-order valence-electron chi connectivity index (χ0n) is 16.9. The number of hydrogen-bond donors (Lipinski definition) is 1. The molecular formula is C21H24N4O2S2. The minimum atomic E-state index is -3.28. The number of rotatable bonds is 3. The Morgan fingerprint density at radius 2 is 1.93 bits per heavy atom. The van der Waals surface area contributed by atoms with E-state index in [1.54, 1.807) is 11.8 Å². The second-order valence-electron chi connectivity index (χ2n) is 7.57. The topological polar surface area (TPSA) is 74.1 Å².